The second-order valence-electron chi connectivity index (χ2n) is 5.65. The third-order valence-electron chi connectivity index (χ3n) is 3.80. The van der Waals surface area contributed by atoms with Crippen molar-refractivity contribution >= 4 is 54.6 Å². The van der Waals surface area contributed by atoms with Gasteiger partial charge in [-0.05, 0) is 36.6 Å². The molecule has 0 aliphatic heterocycles. The Balaban J connectivity index is 1.54. The SMILES string of the molecule is Cc1nc2c(cc(OCC(=O)Nc3cccc(C#N)c3)c3ccsc32)s1. The molecule has 2 aromatic carbocycles. The number of fused-ring (bicyclic) bond motifs is 3. The zero-order valence-corrected chi connectivity index (χ0v) is 15.4. The molecule has 0 unspecified atom stereocenters. The molecule has 1 amide bonds. The minimum absolute atomic E-state index is 0.106. The third kappa shape index (κ3) is 3.12. The van der Waals surface area contributed by atoms with Crippen molar-refractivity contribution in [1.29, 1.82) is 5.26 Å². The number of carbonyl (C=O) groups excluding carboxylic acids is 1. The van der Waals surface area contributed by atoms with Gasteiger partial charge in [-0.1, -0.05) is 6.07 Å². The second kappa shape index (κ2) is 6.75. The molecule has 0 saturated carbocycles. The molecule has 0 spiro atoms. The molecule has 7 heteroatoms. The summed E-state index contributed by atoms with van der Waals surface area (Å²) in [5.74, 6) is 0.405. The molecule has 0 bridgehead atoms. The van der Waals surface area contributed by atoms with Crippen LogP contribution >= 0.6 is 22.7 Å². The Hall–Kier alpha value is -2.95. The smallest absolute Gasteiger partial charge is 0.262 e. The Morgan fingerprint density at radius 1 is 1.35 bits per heavy atom. The summed E-state index contributed by atoms with van der Waals surface area (Å²) in [6, 6.07) is 12.8. The highest BCUT2D eigenvalue weighted by molar-refractivity contribution is 7.21. The first-order valence-corrected chi connectivity index (χ1v) is 9.54. The van der Waals surface area contributed by atoms with E-state index in [1.165, 1.54) is 0 Å². The number of anilines is 1. The zero-order chi connectivity index (χ0) is 18.1. The molecule has 26 heavy (non-hydrogen) atoms. The minimum atomic E-state index is -0.274. The van der Waals surface area contributed by atoms with Gasteiger partial charge in [0.15, 0.2) is 6.61 Å². The van der Waals surface area contributed by atoms with Gasteiger partial charge in [-0.3, -0.25) is 4.79 Å². The van der Waals surface area contributed by atoms with E-state index in [0.717, 1.165) is 25.3 Å². The Bertz CT molecular complexity index is 1170. The summed E-state index contributed by atoms with van der Waals surface area (Å²) in [6.45, 7) is 1.87. The molecular weight excluding hydrogens is 366 g/mol. The molecule has 0 saturated heterocycles. The van der Waals surface area contributed by atoms with Crippen molar-refractivity contribution < 1.29 is 9.53 Å². The topological polar surface area (TPSA) is 75.0 Å². The van der Waals surface area contributed by atoms with Gasteiger partial charge in [0.25, 0.3) is 5.91 Å². The summed E-state index contributed by atoms with van der Waals surface area (Å²) >= 11 is 3.23. The fourth-order valence-electron chi connectivity index (χ4n) is 2.71. The Labute approximate surface area is 157 Å². The third-order valence-corrected chi connectivity index (χ3v) is 5.64. The molecule has 0 aliphatic rings. The molecule has 4 rings (SSSR count). The minimum Gasteiger partial charge on any atom is -0.483 e. The average molecular weight is 379 g/mol. The number of thiazole rings is 1. The Kier molecular flexibility index (Phi) is 4.29. The number of hydrogen-bond donors (Lipinski definition) is 1. The van der Waals surface area contributed by atoms with Gasteiger partial charge in [0.1, 0.15) is 5.75 Å². The van der Waals surface area contributed by atoms with Crippen LogP contribution in [-0.4, -0.2) is 17.5 Å². The first-order valence-electron chi connectivity index (χ1n) is 7.84. The first-order chi connectivity index (χ1) is 12.6. The molecular formula is C19H13N3O2S2. The van der Waals surface area contributed by atoms with Crippen molar-refractivity contribution in [3.63, 3.8) is 0 Å². The summed E-state index contributed by atoms with van der Waals surface area (Å²) in [5.41, 5.74) is 2.06. The molecule has 0 aliphatic carbocycles. The van der Waals surface area contributed by atoms with Crippen LogP contribution < -0.4 is 10.1 Å². The molecule has 128 valence electrons. The largest absolute Gasteiger partial charge is 0.483 e. The second-order valence-corrected chi connectivity index (χ2v) is 7.80. The standard InChI is InChI=1S/C19H13N3O2S2/c1-11-21-18-16(26-11)8-15(14-5-6-25-19(14)18)24-10-17(23)22-13-4-2-3-12(7-13)9-20/h2-8H,10H2,1H3,(H,22,23). The molecule has 2 aromatic heterocycles. The van der Waals surface area contributed by atoms with Gasteiger partial charge in [0.2, 0.25) is 0 Å². The van der Waals surface area contributed by atoms with Crippen LogP contribution in [0.3, 0.4) is 0 Å². The maximum Gasteiger partial charge on any atom is 0.262 e. The van der Waals surface area contributed by atoms with Gasteiger partial charge in [0, 0.05) is 17.1 Å². The van der Waals surface area contributed by atoms with E-state index in [9.17, 15) is 4.79 Å². The van der Waals surface area contributed by atoms with Crippen molar-refractivity contribution in [3.8, 4) is 11.8 Å². The van der Waals surface area contributed by atoms with Gasteiger partial charge >= 0.3 is 0 Å². The molecule has 5 nitrogen and oxygen atoms in total. The van der Waals surface area contributed by atoms with Gasteiger partial charge in [-0.15, -0.1) is 22.7 Å². The van der Waals surface area contributed by atoms with Crippen molar-refractivity contribution in [2.24, 2.45) is 0 Å². The number of rotatable bonds is 4. The normalized spacial score (nSPS) is 10.8. The number of hydrogen-bond acceptors (Lipinski definition) is 6. The van der Waals surface area contributed by atoms with Crippen LogP contribution in [0.25, 0.3) is 20.3 Å². The summed E-state index contributed by atoms with van der Waals surface area (Å²) in [7, 11) is 0. The van der Waals surface area contributed by atoms with Crippen LogP contribution in [0.5, 0.6) is 5.75 Å². The lowest BCUT2D eigenvalue weighted by Gasteiger charge is -2.09. The Morgan fingerprint density at radius 3 is 3.08 bits per heavy atom. The number of thiophene rings is 1. The molecule has 4 aromatic rings. The quantitative estimate of drug-likeness (QED) is 0.557. The highest BCUT2D eigenvalue weighted by Crippen LogP contribution is 2.38. The van der Waals surface area contributed by atoms with Gasteiger partial charge in [0.05, 0.1) is 31.6 Å². The fraction of sp³-hybridized carbons (Fsp3) is 0.105. The van der Waals surface area contributed by atoms with Crippen molar-refractivity contribution in [2.45, 2.75) is 6.92 Å². The fourth-order valence-corrected chi connectivity index (χ4v) is 4.55. The number of ether oxygens (including phenoxy) is 1. The van der Waals surface area contributed by atoms with E-state index < -0.39 is 0 Å². The molecule has 1 N–H and O–H groups in total. The highest BCUT2D eigenvalue weighted by atomic mass is 32.1. The van der Waals surface area contributed by atoms with Crippen LogP contribution in [0.2, 0.25) is 0 Å². The van der Waals surface area contributed by atoms with E-state index in [1.54, 1.807) is 46.9 Å². The lowest BCUT2D eigenvalue weighted by atomic mass is 10.2. The number of aryl methyl sites for hydroxylation is 1. The van der Waals surface area contributed by atoms with Gasteiger partial charge in [-0.25, -0.2) is 4.98 Å². The average Bonchev–Trinajstić information content (AvgIpc) is 3.25. The van der Waals surface area contributed by atoms with E-state index in [1.807, 2.05) is 30.5 Å². The van der Waals surface area contributed by atoms with Crippen LogP contribution in [-0.2, 0) is 4.79 Å². The van der Waals surface area contributed by atoms with Gasteiger partial charge in [-0.2, -0.15) is 5.26 Å². The van der Waals surface area contributed by atoms with E-state index >= 15 is 0 Å². The number of nitrogens with zero attached hydrogens (tertiary/aromatic N) is 2. The van der Waals surface area contributed by atoms with E-state index in [4.69, 9.17) is 10.00 Å². The first kappa shape index (κ1) is 16.5. The van der Waals surface area contributed by atoms with E-state index in [0.29, 0.717) is 17.0 Å². The lowest BCUT2D eigenvalue weighted by Crippen LogP contribution is -2.20. The summed E-state index contributed by atoms with van der Waals surface area (Å²) in [5, 5.41) is 15.6. The van der Waals surface area contributed by atoms with Crippen molar-refractivity contribution in [1.82, 2.24) is 4.98 Å². The van der Waals surface area contributed by atoms with Gasteiger partial charge < -0.3 is 10.1 Å². The maximum absolute atomic E-state index is 12.2. The molecule has 0 radical (unpaired) electrons. The lowest BCUT2D eigenvalue weighted by molar-refractivity contribution is -0.118. The molecule has 0 fully saturated rings. The number of carbonyl (C=O) groups is 1. The maximum atomic E-state index is 12.2. The van der Waals surface area contributed by atoms with Crippen molar-refractivity contribution in [2.75, 3.05) is 11.9 Å². The highest BCUT2D eigenvalue weighted by Gasteiger charge is 2.13. The molecule has 0 atom stereocenters. The monoisotopic (exact) mass is 379 g/mol. The Morgan fingerprint density at radius 2 is 2.23 bits per heavy atom. The predicted molar refractivity (Wildman–Crippen MR) is 105 cm³/mol. The molecule has 2 heterocycles. The van der Waals surface area contributed by atoms with Crippen LogP contribution in [0.15, 0.2) is 41.8 Å². The summed E-state index contributed by atoms with van der Waals surface area (Å²) < 4.78 is 7.92. The summed E-state index contributed by atoms with van der Waals surface area (Å²) in [6.07, 6.45) is 0. The van der Waals surface area contributed by atoms with Crippen molar-refractivity contribution in [3.05, 3.63) is 52.3 Å². The summed E-state index contributed by atoms with van der Waals surface area (Å²) in [4.78, 5) is 16.8. The van der Waals surface area contributed by atoms with Crippen LogP contribution in [0.4, 0.5) is 5.69 Å². The van der Waals surface area contributed by atoms with Crippen LogP contribution in [0.1, 0.15) is 10.6 Å². The van der Waals surface area contributed by atoms with Crippen LogP contribution in [0, 0.1) is 18.3 Å². The number of benzene rings is 2. The number of aromatic nitrogens is 1. The number of nitrogens with one attached hydrogen (secondary N) is 1. The predicted octanol–water partition coefficient (Wildman–Crippen LogP) is 4.71. The zero-order valence-electron chi connectivity index (χ0n) is 13.8. The van der Waals surface area contributed by atoms with E-state index in [-0.39, 0.29) is 12.5 Å². The van der Waals surface area contributed by atoms with E-state index in [2.05, 4.69) is 10.3 Å². The number of amides is 1. The number of nitriles is 1.